The van der Waals surface area contributed by atoms with Gasteiger partial charge in [-0.2, -0.15) is 0 Å². The number of hydrogen-bond donors (Lipinski definition) is 0. The third kappa shape index (κ3) is 2.53. The van der Waals surface area contributed by atoms with E-state index in [9.17, 15) is 4.39 Å². The van der Waals surface area contributed by atoms with Crippen LogP contribution in [0.15, 0.2) is 24.3 Å². The van der Waals surface area contributed by atoms with Crippen molar-refractivity contribution in [3.63, 3.8) is 0 Å². The molecule has 1 aromatic carbocycles. The summed E-state index contributed by atoms with van der Waals surface area (Å²) in [5.41, 5.74) is 0.385. The molecule has 0 spiro atoms. The molecule has 0 atom stereocenters. The number of rotatable bonds is 2. The average Bonchev–Trinajstić information content (AvgIpc) is 2.63. The average molecular weight is 268 g/mol. The molecule has 5 heteroatoms. The number of hydrogen-bond acceptors (Lipinski definition) is 2. The van der Waals surface area contributed by atoms with Crippen LogP contribution in [-0.4, -0.2) is 14.8 Å². The van der Waals surface area contributed by atoms with Gasteiger partial charge in [-0.3, -0.25) is 4.57 Å². The SMILES string of the molecule is CC(C)(C)c1nnc(Cl)n1Cc1ccccc1F. The van der Waals surface area contributed by atoms with E-state index in [4.69, 9.17) is 11.6 Å². The smallest absolute Gasteiger partial charge is 0.225 e. The molecule has 0 N–H and O–H groups in total. The van der Waals surface area contributed by atoms with Crippen molar-refractivity contribution in [3.05, 3.63) is 46.8 Å². The lowest BCUT2D eigenvalue weighted by Crippen LogP contribution is -2.20. The fourth-order valence-electron chi connectivity index (χ4n) is 1.78. The second-order valence-electron chi connectivity index (χ2n) is 5.22. The molecule has 0 saturated carbocycles. The zero-order valence-electron chi connectivity index (χ0n) is 10.6. The van der Waals surface area contributed by atoms with Crippen molar-refractivity contribution >= 4 is 11.6 Å². The summed E-state index contributed by atoms with van der Waals surface area (Å²) in [6.07, 6.45) is 0. The number of benzene rings is 1. The fourth-order valence-corrected chi connectivity index (χ4v) is 1.95. The molecule has 2 aromatic rings. The maximum atomic E-state index is 13.6. The molecule has 1 aromatic heterocycles. The van der Waals surface area contributed by atoms with Crippen molar-refractivity contribution in [2.75, 3.05) is 0 Å². The van der Waals surface area contributed by atoms with Crippen LogP contribution in [0.3, 0.4) is 0 Å². The van der Waals surface area contributed by atoms with E-state index in [0.29, 0.717) is 12.1 Å². The molecule has 3 nitrogen and oxygen atoms in total. The van der Waals surface area contributed by atoms with Gasteiger partial charge < -0.3 is 0 Å². The summed E-state index contributed by atoms with van der Waals surface area (Å²) >= 11 is 6.02. The predicted octanol–water partition coefficient (Wildman–Crippen LogP) is 3.42. The molecule has 0 bridgehead atoms. The van der Waals surface area contributed by atoms with E-state index in [2.05, 4.69) is 10.2 Å². The van der Waals surface area contributed by atoms with E-state index in [0.717, 1.165) is 5.82 Å². The van der Waals surface area contributed by atoms with Gasteiger partial charge >= 0.3 is 0 Å². The fraction of sp³-hybridized carbons (Fsp3) is 0.385. The van der Waals surface area contributed by atoms with Gasteiger partial charge in [-0.1, -0.05) is 39.0 Å². The summed E-state index contributed by atoms with van der Waals surface area (Å²) in [6, 6.07) is 6.63. The minimum Gasteiger partial charge on any atom is -0.297 e. The van der Waals surface area contributed by atoms with Gasteiger partial charge in [-0.25, -0.2) is 4.39 Å². The van der Waals surface area contributed by atoms with Gasteiger partial charge in [0, 0.05) is 11.0 Å². The Morgan fingerprint density at radius 2 is 1.89 bits per heavy atom. The van der Waals surface area contributed by atoms with Gasteiger partial charge in [0.15, 0.2) is 0 Å². The highest BCUT2D eigenvalue weighted by Crippen LogP contribution is 2.24. The maximum absolute atomic E-state index is 13.6. The van der Waals surface area contributed by atoms with Gasteiger partial charge in [0.05, 0.1) is 6.54 Å². The van der Waals surface area contributed by atoms with E-state index < -0.39 is 0 Å². The monoisotopic (exact) mass is 267 g/mol. The highest BCUT2D eigenvalue weighted by molar-refractivity contribution is 6.28. The van der Waals surface area contributed by atoms with Crippen molar-refractivity contribution < 1.29 is 4.39 Å². The first kappa shape index (κ1) is 13.0. The van der Waals surface area contributed by atoms with E-state index in [1.807, 2.05) is 20.8 Å². The van der Waals surface area contributed by atoms with Crippen molar-refractivity contribution in [3.8, 4) is 0 Å². The summed E-state index contributed by atoms with van der Waals surface area (Å²) in [5, 5.41) is 8.22. The summed E-state index contributed by atoms with van der Waals surface area (Å²) in [4.78, 5) is 0. The molecule has 18 heavy (non-hydrogen) atoms. The van der Waals surface area contributed by atoms with E-state index >= 15 is 0 Å². The van der Waals surface area contributed by atoms with Crippen LogP contribution in [-0.2, 0) is 12.0 Å². The van der Waals surface area contributed by atoms with E-state index in [1.54, 1.807) is 22.8 Å². The van der Waals surface area contributed by atoms with Crippen molar-refractivity contribution in [1.82, 2.24) is 14.8 Å². The van der Waals surface area contributed by atoms with Crippen LogP contribution >= 0.6 is 11.6 Å². The summed E-state index contributed by atoms with van der Waals surface area (Å²) in [5.74, 6) is 0.498. The van der Waals surface area contributed by atoms with E-state index in [-0.39, 0.29) is 16.5 Å². The highest BCUT2D eigenvalue weighted by Gasteiger charge is 2.23. The van der Waals surface area contributed by atoms with Crippen LogP contribution in [0.4, 0.5) is 4.39 Å². The van der Waals surface area contributed by atoms with Crippen LogP contribution in [0.5, 0.6) is 0 Å². The van der Waals surface area contributed by atoms with Crippen LogP contribution in [0.1, 0.15) is 32.2 Å². The largest absolute Gasteiger partial charge is 0.297 e. The number of halogens is 2. The third-order valence-electron chi connectivity index (χ3n) is 2.66. The molecule has 1 heterocycles. The minimum absolute atomic E-state index is 0.189. The predicted molar refractivity (Wildman–Crippen MR) is 69.2 cm³/mol. The van der Waals surface area contributed by atoms with E-state index in [1.165, 1.54) is 6.07 Å². The van der Waals surface area contributed by atoms with Crippen LogP contribution < -0.4 is 0 Å². The topological polar surface area (TPSA) is 30.7 Å². The van der Waals surface area contributed by atoms with Gasteiger partial charge in [0.25, 0.3) is 0 Å². The highest BCUT2D eigenvalue weighted by atomic mass is 35.5. The number of aromatic nitrogens is 3. The van der Waals surface area contributed by atoms with Crippen molar-refractivity contribution in [1.29, 1.82) is 0 Å². The molecule has 0 fully saturated rings. The quantitative estimate of drug-likeness (QED) is 0.835. The Hall–Kier alpha value is -1.42. The zero-order valence-corrected chi connectivity index (χ0v) is 11.4. The van der Waals surface area contributed by atoms with Crippen LogP contribution in [0.2, 0.25) is 5.28 Å². The van der Waals surface area contributed by atoms with Gasteiger partial charge in [-0.05, 0) is 17.7 Å². The Morgan fingerprint density at radius 3 is 2.50 bits per heavy atom. The van der Waals surface area contributed by atoms with Crippen LogP contribution in [0, 0.1) is 5.82 Å². The lowest BCUT2D eigenvalue weighted by atomic mass is 9.95. The molecule has 0 radical (unpaired) electrons. The molecule has 0 aliphatic heterocycles. The minimum atomic E-state index is -0.248. The molecule has 0 aliphatic rings. The first-order valence-electron chi connectivity index (χ1n) is 5.72. The molecule has 0 saturated heterocycles. The zero-order chi connectivity index (χ0) is 13.3. The second-order valence-corrected chi connectivity index (χ2v) is 5.56. The summed E-state index contributed by atoms with van der Waals surface area (Å²) in [6.45, 7) is 6.40. The molecule has 96 valence electrons. The van der Waals surface area contributed by atoms with Crippen LogP contribution in [0.25, 0.3) is 0 Å². The Bertz CT molecular complexity index is 558. The lowest BCUT2D eigenvalue weighted by Gasteiger charge is -2.19. The Kier molecular flexibility index (Phi) is 3.39. The molecular weight excluding hydrogens is 253 g/mol. The van der Waals surface area contributed by atoms with Crippen molar-refractivity contribution in [2.45, 2.75) is 32.7 Å². The van der Waals surface area contributed by atoms with Gasteiger partial charge in [0.1, 0.15) is 11.6 Å². The van der Waals surface area contributed by atoms with Gasteiger partial charge in [0.2, 0.25) is 5.28 Å². The summed E-state index contributed by atoms with van der Waals surface area (Å²) < 4.78 is 15.4. The maximum Gasteiger partial charge on any atom is 0.225 e. The normalized spacial score (nSPS) is 11.8. The second kappa shape index (κ2) is 4.69. The molecule has 0 amide bonds. The Morgan fingerprint density at radius 1 is 1.22 bits per heavy atom. The standard InChI is InChI=1S/C13H15ClFN3/c1-13(2,3)11-16-17-12(14)18(11)8-9-6-4-5-7-10(9)15/h4-7H,8H2,1-3H3. The lowest BCUT2D eigenvalue weighted by molar-refractivity contribution is 0.504. The number of nitrogens with zero attached hydrogens (tertiary/aromatic N) is 3. The third-order valence-corrected chi connectivity index (χ3v) is 2.94. The van der Waals surface area contributed by atoms with Crippen molar-refractivity contribution in [2.24, 2.45) is 0 Å². The first-order valence-corrected chi connectivity index (χ1v) is 6.10. The molecule has 2 rings (SSSR count). The molecule has 0 aliphatic carbocycles. The molecular formula is C13H15ClFN3. The Balaban J connectivity index is 2.41. The summed E-state index contributed by atoms with van der Waals surface area (Å²) in [7, 11) is 0. The van der Waals surface area contributed by atoms with Gasteiger partial charge in [-0.15, -0.1) is 10.2 Å². The Labute approximate surface area is 111 Å². The molecule has 0 unspecified atom stereocenters. The first-order chi connectivity index (χ1) is 8.39.